The van der Waals surface area contributed by atoms with Crippen molar-refractivity contribution in [2.75, 3.05) is 0 Å². The molecule has 0 aromatic heterocycles. The van der Waals surface area contributed by atoms with Crippen LogP contribution in [0.25, 0.3) is 11.6 Å². The Bertz CT molecular complexity index is 530. The maximum absolute atomic E-state index is 3.48. The number of allylic oxidation sites excluding steroid dienone is 1. The molecule has 0 saturated heterocycles. The van der Waals surface area contributed by atoms with Crippen molar-refractivity contribution < 1.29 is 63.4 Å². The second-order valence-corrected chi connectivity index (χ2v) is 5.06. The van der Waals surface area contributed by atoms with Gasteiger partial charge < -0.3 is 37.2 Å². The Balaban J connectivity index is 0. The van der Waals surface area contributed by atoms with E-state index in [1.165, 1.54) is 16.0 Å². The fraction of sp³-hybridized carbons (Fsp3) is 0.0909. The Hall–Kier alpha value is 1.28. The van der Waals surface area contributed by atoms with Crippen molar-refractivity contribution in [3.8, 4) is 0 Å². The molecular formula is C11H6BrCl3SZr. The van der Waals surface area contributed by atoms with Crippen molar-refractivity contribution in [3.63, 3.8) is 0 Å². The van der Waals surface area contributed by atoms with Crippen molar-refractivity contribution in [2.45, 2.75) is 5.25 Å². The Morgan fingerprint density at radius 1 is 1.18 bits per heavy atom. The maximum atomic E-state index is 3.48. The average molecular weight is 448 g/mol. The van der Waals surface area contributed by atoms with Crippen LogP contribution in [-0.2, 0) is 26.2 Å². The van der Waals surface area contributed by atoms with E-state index < -0.39 is 0 Å². The zero-order valence-corrected chi connectivity index (χ0v) is 15.5. The Kier molecular flexibility index (Phi) is 10.2. The molecule has 1 aliphatic heterocycles. The van der Waals surface area contributed by atoms with E-state index in [1.807, 2.05) is 11.8 Å². The van der Waals surface area contributed by atoms with Gasteiger partial charge in [-0.15, -0.1) is 28.5 Å². The van der Waals surface area contributed by atoms with Crippen molar-refractivity contribution >= 4 is 39.3 Å². The van der Waals surface area contributed by atoms with Gasteiger partial charge in [0.1, 0.15) is 0 Å². The molecule has 1 heterocycles. The number of thioether (sulfide) groups is 1. The molecule has 0 bridgehead atoms. The first-order valence-electron chi connectivity index (χ1n) is 4.10. The Morgan fingerprint density at radius 2 is 1.88 bits per heavy atom. The SMILES string of the molecule is Brc1ccc2c(c1)=CC1SC=[C-]C=21.[Cl-].[Cl-].[Cl-].[Zr+4]. The van der Waals surface area contributed by atoms with Gasteiger partial charge in [0.15, 0.2) is 0 Å². The summed E-state index contributed by atoms with van der Waals surface area (Å²) in [6, 6.07) is 6.42. The topological polar surface area (TPSA) is 0 Å². The minimum absolute atomic E-state index is 0. The minimum atomic E-state index is 0. The van der Waals surface area contributed by atoms with Crippen molar-refractivity contribution in [2.24, 2.45) is 0 Å². The van der Waals surface area contributed by atoms with E-state index in [9.17, 15) is 0 Å². The van der Waals surface area contributed by atoms with Crippen LogP contribution < -0.4 is 47.7 Å². The third-order valence-corrected chi connectivity index (χ3v) is 3.76. The minimum Gasteiger partial charge on any atom is -1.00 e. The first-order valence-corrected chi connectivity index (χ1v) is 5.83. The largest absolute Gasteiger partial charge is 4.00 e. The number of halogens is 4. The van der Waals surface area contributed by atoms with Crippen LogP contribution in [0.3, 0.4) is 0 Å². The molecule has 1 aliphatic carbocycles. The number of benzene rings is 1. The van der Waals surface area contributed by atoms with Crippen molar-refractivity contribution in [3.05, 3.63) is 44.6 Å². The van der Waals surface area contributed by atoms with Gasteiger partial charge in [-0.05, 0) is 0 Å². The first kappa shape index (κ1) is 20.6. The maximum Gasteiger partial charge on any atom is 4.00 e. The van der Waals surface area contributed by atoms with Gasteiger partial charge in [0.05, 0.1) is 0 Å². The van der Waals surface area contributed by atoms with E-state index in [-0.39, 0.29) is 63.4 Å². The molecule has 0 spiro atoms. The number of fused-ring (bicyclic) bond motifs is 2. The summed E-state index contributed by atoms with van der Waals surface area (Å²) in [6.45, 7) is 0. The summed E-state index contributed by atoms with van der Waals surface area (Å²) in [5, 5.41) is 5.25. The summed E-state index contributed by atoms with van der Waals surface area (Å²) in [7, 11) is 0. The fourth-order valence-corrected chi connectivity index (χ4v) is 3.03. The van der Waals surface area contributed by atoms with Crippen LogP contribution in [0.5, 0.6) is 0 Å². The van der Waals surface area contributed by atoms with Crippen LogP contribution in [0.1, 0.15) is 0 Å². The summed E-state index contributed by atoms with van der Waals surface area (Å²) >= 11 is 5.31. The van der Waals surface area contributed by atoms with Crippen LogP contribution in [0.4, 0.5) is 0 Å². The van der Waals surface area contributed by atoms with Gasteiger partial charge in [-0.2, -0.15) is 10.8 Å². The van der Waals surface area contributed by atoms with Crippen molar-refractivity contribution in [1.29, 1.82) is 0 Å². The zero-order chi connectivity index (χ0) is 8.84. The summed E-state index contributed by atoms with van der Waals surface area (Å²) in [5.41, 5.74) is 1.34. The second kappa shape index (κ2) is 8.45. The van der Waals surface area contributed by atoms with Gasteiger partial charge in [0.25, 0.3) is 0 Å². The first-order chi connectivity index (χ1) is 6.34. The summed E-state index contributed by atoms with van der Waals surface area (Å²) < 4.78 is 1.15. The molecule has 1 unspecified atom stereocenters. The molecule has 17 heavy (non-hydrogen) atoms. The third-order valence-electron chi connectivity index (χ3n) is 2.35. The van der Waals surface area contributed by atoms with Gasteiger partial charge in [0, 0.05) is 9.72 Å². The van der Waals surface area contributed by atoms with E-state index in [0.717, 1.165) is 4.47 Å². The van der Waals surface area contributed by atoms with E-state index in [1.54, 1.807) is 0 Å². The number of rotatable bonds is 0. The molecule has 1 aromatic rings. The Morgan fingerprint density at radius 3 is 2.59 bits per heavy atom. The molecular weight excluding hydrogens is 442 g/mol. The smallest absolute Gasteiger partial charge is 1.00 e. The normalized spacial score (nSPS) is 17.5. The monoisotopic (exact) mass is 444 g/mol. The van der Waals surface area contributed by atoms with Gasteiger partial charge >= 0.3 is 26.2 Å². The van der Waals surface area contributed by atoms with Crippen LogP contribution in [0.15, 0.2) is 28.1 Å². The summed E-state index contributed by atoms with van der Waals surface area (Å²) in [6.07, 6.45) is 5.60. The molecule has 1 aromatic carbocycles. The second-order valence-electron chi connectivity index (χ2n) is 3.13. The van der Waals surface area contributed by atoms with Crippen LogP contribution in [0, 0.1) is 6.08 Å². The van der Waals surface area contributed by atoms with E-state index in [2.05, 4.69) is 51.7 Å². The van der Waals surface area contributed by atoms with Gasteiger partial charge in [-0.25, -0.2) is 6.08 Å². The molecule has 0 N–H and O–H groups in total. The Labute approximate surface area is 151 Å². The number of hydrogen-bond donors (Lipinski definition) is 0. The van der Waals surface area contributed by atoms with E-state index in [0.29, 0.717) is 5.25 Å². The number of hydrogen-bond acceptors (Lipinski definition) is 1. The quantitative estimate of drug-likeness (QED) is 0.356. The van der Waals surface area contributed by atoms with Gasteiger partial charge in [-0.1, -0.05) is 34.1 Å². The van der Waals surface area contributed by atoms with Crippen LogP contribution >= 0.6 is 27.7 Å². The molecule has 0 radical (unpaired) electrons. The molecule has 2 aliphatic rings. The van der Waals surface area contributed by atoms with Gasteiger partial charge in [0.2, 0.25) is 0 Å². The predicted octanol–water partition coefficient (Wildman–Crippen LogP) is -7.16. The molecule has 0 amide bonds. The standard InChI is InChI=1S/C11H6BrS.3ClH.Zr/c12-8-1-2-9-7(5-8)6-11-10(9)3-4-13-11;;;;/h1-2,4-6,11H;3*1H;/q-1;;;;+4/p-3. The molecule has 1 atom stereocenters. The van der Waals surface area contributed by atoms with E-state index in [4.69, 9.17) is 0 Å². The predicted molar refractivity (Wildman–Crippen MR) is 60.5 cm³/mol. The molecule has 6 heteroatoms. The molecule has 0 nitrogen and oxygen atoms in total. The zero-order valence-electron chi connectivity index (χ0n) is 8.38. The van der Waals surface area contributed by atoms with Crippen molar-refractivity contribution in [1.82, 2.24) is 0 Å². The summed E-state index contributed by atoms with van der Waals surface area (Å²) in [4.78, 5) is 0. The molecule has 0 fully saturated rings. The van der Waals surface area contributed by atoms with Gasteiger partial charge in [-0.3, -0.25) is 0 Å². The average Bonchev–Trinajstić information content (AvgIpc) is 2.62. The van der Waals surface area contributed by atoms with E-state index >= 15 is 0 Å². The van der Waals surface area contributed by atoms with Crippen LogP contribution in [-0.4, -0.2) is 5.25 Å². The molecule has 0 saturated carbocycles. The van der Waals surface area contributed by atoms with Crippen LogP contribution in [0.2, 0.25) is 0 Å². The third kappa shape index (κ3) is 3.87. The molecule has 88 valence electrons. The fourth-order valence-electron chi connectivity index (χ4n) is 1.75. The summed E-state index contributed by atoms with van der Waals surface area (Å²) in [5.74, 6) is 0. The molecule has 3 rings (SSSR count).